The number of rotatable bonds is 2. The lowest BCUT2D eigenvalue weighted by molar-refractivity contribution is -0.117. The maximum Gasteiger partial charge on any atom is 0.247 e. The number of carbonyl (C=O) groups is 1. The average Bonchev–Trinajstić information content (AvgIpc) is 2.93. The molecule has 0 radical (unpaired) electrons. The fraction of sp³-hybridized carbons (Fsp3) is 0.467. The summed E-state index contributed by atoms with van der Waals surface area (Å²) in [7, 11) is -3.06. The van der Waals surface area contributed by atoms with Crippen molar-refractivity contribution >= 4 is 50.0 Å². The fourth-order valence-electron chi connectivity index (χ4n) is 2.78. The Labute approximate surface area is 145 Å². The van der Waals surface area contributed by atoms with E-state index < -0.39 is 9.84 Å². The van der Waals surface area contributed by atoms with Crippen LogP contribution in [0.25, 0.3) is 0 Å². The number of hydrogen-bond acceptors (Lipinski definition) is 4. The van der Waals surface area contributed by atoms with E-state index in [1.54, 1.807) is 13.0 Å². The summed E-state index contributed by atoms with van der Waals surface area (Å²) in [5, 5.41) is 1.09. The minimum Gasteiger partial charge on any atom is -0.316 e. The highest BCUT2D eigenvalue weighted by Gasteiger charge is 2.49. The van der Waals surface area contributed by atoms with Crippen LogP contribution in [-0.2, 0) is 14.6 Å². The molecule has 5 nitrogen and oxygen atoms in total. The second-order valence-electron chi connectivity index (χ2n) is 5.75. The first-order chi connectivity index (χ1) is 10.8. The third-order valence-corrected chi connectivity index (χ3v) is 7.64. The highest BCUT2D eigenvalue weighted by molar-refractivity contribution is 8.16. The summed E-state index contributed by atoms with van der Waals surface area (Å²) >= 11 is 7.59. The molecule has 0 unspecified atom stereocenters. The van der Waals surface area contributed by atoms with E-state index in [9.17, 15) is 13.2 Å². The van der Waals surface area contributed by atoms with Crippen molar-refractivity contribution in [3.63, 3.8) is 0 Å². The van der Waals surface area contributed by atoms with E-state index in [1.807, 2.05) is 24.0 Å². The van der Waals surface area contributed by atoms with Gasteiger partial charge >= 0.3 is 0 Å². The van der Waals surface area contributed by atoms with Crippen molar-refractivity contribution in [1.82, 2.24) is 0 Å². The first-order valence-electron chi connectivity index (χ1n) is 7.34. The molecule has 0 aromatic heterocycles. The second kappa shape index (κ2) is 6.11. The Morgan fingerprint density at radius 3 is 2.83 bits per heavy atom. The summed E-state index contributed by atoms with van der Waals surface area (Å²) in [5.74, 6) is -0.00804. The number of nitrogens with zero attached hydrogens (tertiary/aromatic N) is 2. The number of amides is 1. The molecule has 124 valence electrons. The van der Waals surface area contributed by atoms with Crippen molar-refractivity contribution in [2.75, 3.05) is 16.4 Å². The number of sulfone groups is 1. The van der Waals surface area contributed by atoms with E-state index >= 15 is 0 Å². The average molecular weight is 373 g/mol. The number of halogens is 1. The van der Waals surface area contributed by atoms with Crippen LogP contribution in [0.3, 0.4) is 0 Å². The van der Waals surface area contributed by atoms with Crippen molar-refractivity contribution in [2.45, 2.75) is 31.6 Å². The number of aryl methyl sites for hydroxylation is 1. The monoisotopic (exact) mass is 372 g/mol. The molecule has 2 saturated heterocycles. The predicted octanol–water partition coefficient (Wildman–Crippen LogP) is 2.66. The molecule has 0 saturated carbocycles. The number of amidine groups is 1. The standard InChI is InChI=1S/C15H17ClN2O3S2/c1-3-14(19)17-15-18(10-5-4-9(2)11(16)6-10)12-7-23(20,21)8-13(12)22-15/h4-6,12-13H,3,7-8H2,1-2H3/t12-,13+/m1/s1. The van der Waals surface area contributed by atoms with Gasteiger partial charge in [-0.2, -0.15) is 4.99 Å². The topological polar surface area (TPSA) is 66.8 Å². The van der Waals surface area contributed by atoms with Crippen LogP contribution in [0.1, 0.15) is 18.9 Å². The van der Waals surface area contributed by atoms with Crippen LogP contribution >= 0.6 is 23.4 Å². The largest absolute Gasteiger partial charge is 0.316 e. The van der Waals surface area contributed by atoms with Gasteiger partial charge in [-0.15, -0.1) is 0 Å². The lowest BCUT2D eigenvalue weighted by Crippen LogP contribution is -2.37. The first kappa shape index (κ1) is 16.8. The van der Waals surface area contributed by atoms with Gasteiger partial charge in [0, 0.05) is 22.4 Å². The molecule has 8 heteroatoms. The summed E-state index contributed by atoms with van der Waals surface area (Å²) in [4.78, 5) is 17.8. The molecule has 2 fully saturated rings. The van der Waals surface area contributed by atoms with Gasteiger partial charge in [0.15, 0.2) is 15.0 Å². The van der Waals surface area contributed by atoms with Crippen molar-refractivity contribution in [2.24, 2.45) is 4.99 Å². The molecule has 1 aromatic carbocycles. The quantitative estimate of drug-likeness (QED) is 0.798. The molecule has 0 spiro atoms. The van der Waals surface area contributed by atoms with E-state index in [0.717, 1.165) is 11.3 Å². The molecular weight excluding hydrogens is 356 g/mol. The molecule has 2 aliphatic heterocycles. The van der Waals surface area contributed by atoms with Gasteiger partial charge in [0.25, 0.3) is 0 Å². The lowest BCUT2D eigenvalue weighted by atomic mass is 10.1. The Bertz CT molecular complexity index is 792. The highest BCUT2D eigenvalue weighted by atomic mass is 35.5. The maximum atomic E-state index is 12.0. The number of thioether (sulfide) groups is 1. The van der Waals surface area contributed by atoms with Crippen LogP contribution in [0.15, 0.2) is 23.2 Å². The summed E-state index contributed by atoms with van der Waals surface area (Å²) in [6.07, 6.45) is 0.320. The normalized spacial score (nSPS) is 27.4. The van der Waals surface area contributed by atoms with E-state index in [0.29, 0.717) is 16.6 Å². The zero-order valence-electron chi connectivity index (χ0n) is 12.8. The highest BCUT2D eigenvalue weighted by Crippen LogP contribution is 2.41. The van der Waals surface area contributed by atoms with Gasteiger partial charge < -0.3 is 4.90 Å². The van der Waals surface area contributed by atoms with Gasteiger partial charge in [0.2, 0.25) is 5.91 Å². The van der Waals surface area contributed by atoms with Crippen LogP contribution in [0.2, 0.25) is 5.02 Å². The maximum absolute atomic E-state index is 12.0. The SMILES string of the molecule is CCC(=O)N=C1S[C@H]2CS(=O)(=O)C[C@H]2N1c1ccc(C)c(Cl)c1. The van der Waals surface area contributed by atoms with E-state index in [2.05, 4.69) is 4.99 Å². The Hall–Kier alpha value is -1.05. The molecule has 0 aliphatic carbocycles. The van der Waals surface area contributed by atoms with Crippen LogP contribution in [0.4, 0.5) is 5.69 Å². The van der Waals surface area contributed by atoms with Crippen LogP contribution in [0.5, 0.6) is 0 Å². The summed E-state index contributed by atoms with van der Waals surface area (Å²) in [6.45, 7) is 3.66. The van der Waals surface area contributed by atoms with Crippen molar-refractivity contribution < 1.29 is 13.2 Å². The summed E-state index contributed by atoms with van der Waals surface area (Å²) < 4.78 is 23.9. The molecule has 1 amide bonds. The van der Waals surface area contributed by atoms with Gasteiger partial charge in [0.05, 0.1) is 17.5 Å². The molecule has 3 rings (SSSR count). The van der Waals surface area contributed by atoms with Gasteiger partial charge in [0.1, 0.15) is 0 Å². The van der Waals surface area contributed by atoms with Crippen LogP contribution in [0, 0.1) is 6.92 Å². The number of aliphatic imine (C=N–C) groups is 1. The van der Waals surface area contributed by atoms with Gasteiger partial charge in [-0.3, -0.25) is 4.79 Å². The molecule has 2 aliphatic rings. The smallest absolute Gasteiger partial charge is 0.247 e. The third kappa shape index (κ3) is 3.27. The Morgan fingerprint density at radius 2 is 2.17 bits per heavy atom. The van der Waals surface area contributed by atoms with Gasteiger partial charge in [-0.25, -0.2) is 8.42 Å². The number of benzene rings is 1. The predicted molar refractivity (Wildman–Crippen MR) is 95.2 cm³/mol. The zero-order valence-corrected chi connectivity index (χ0v) is 15.2. The molecular formula is C15H17ClN2O3S2. The van der Waals surface area contributed by atoms with Gasteiger partial charge in [-0.1, -0.05) is 36.4 Å². The second-order valence-corrected chi connectivity index (χ2v) is 9.51. The molecule has 2 heterocycles. The number of carbonyl (C=O) groups excluding carboxylic acids is 1. The van der Waals surface area contributed by atoms with E-state index in [-0.39, 0.29) is 28.7 Å². The summed E-state index contributed by atoms with van der Waals surface area (Å²) in [6, 6.07) is 5.38. The van der Waals surface area contributed by atoms with Gasteiger partial charge in [-0.05, 0) is 24.6 Å². The molecule has 1 aromatic rings. The Balaban J connectivity index is 2.04. The van der Waals surface area contributed by atoms with Crippen molar-refractivity contribution in [3.05, 3.63) is 28.8 Å². The molecule has 0 bridgehead atoms. The van der Waals surface area contributed by atoms with Crippen molar-refractivity contribution in [1.29, 1.82) is 0 Å². The number of anilines is 1. The minimum atomic E-state index is -3.06. The summed E-state index contributed by atoms with van der Waals surface area (Å²) in [5.41, 5.74) is 1.72. The molecule has 0 N–H and O–H groups in total. The Kier molecular flexibility index (Phi) is 4.46. The number of fused-ring (bicyclic) bond motifs is 1. The van der Waals surface area contributed by atoms with Crippen molar-refractivity contribution in [3.8, 4) is 0 Å². The van der Waals surface area contributed by atoms with Crippen LogP contribution in [-0.4, -0.2) is 42.3 Å². The fourth-order valence-corrected chi connectivity index (χ4v) is 6.89. The van der Waals surface area contributed by atoms with E-state index in [1.165, 1.54) is 11.8 Å². The Morgan fingerprint density at radius 1 is 1.43 bits per heavy atom. The number of hydrogen-bond donors (Lipinski definition) is 0. The third-order valence-electron chi connectivity index (χ3n) is 4.02. The molecule has 2 atom stereocenters. The first-order valence-corrected chi connectivity index (χ1v) is 10.4. The van der Waals surface area contributed by atoms with Crippen LogP contribution < -0.4 is 4.90 Å². The minimum absolute atomic E-state index is 0.0789. The zero-order chi connectivity index (χ0) is 16.8. The van der Waals surface area contributed by atoms with E-state index in [4.69, 9.17) is 11.6 Å². The molecule has 23 heavy (non-hydrogen) atoms. The lowest BCUT2D eigenvalue weighted by Gasteiger charge is -2.25.